The molecular formula is C13H14N2O2. The van der Waals surface area contributed by atoms with Crippen molar-refractivity contribution in [1.29, 1.82) is 0 Å². The first-order valence-electron chi connectivity index (χ1n) is 5.47. The summed E-state index contributed by atoms with van der Waals surface area (Å²) in [5.74, 6) is -0.219. The number of urea groups is 1. The molecule has 0 aliphatic carbocycles. The van der Waals surface area contributed by atoms with Crippen LogP contribution in [0.25, 0.3) is 6.08 Å². The minimum atomic E-state index is -0.356. The van der Waals surface area contributed by atoms with Crippen molar-refractivity contribution >= 4 is 23.7 Å². The number of hydrogen-bond donors (Lipinski definition) is 1. The van der Waals surface area contributed by atoms with Crippen molar-refractivity contribution in [3.05, 3.63) is 35.9 Å². The summed E-state index contributed by atoms with van der Waals surface area (Å²) in [7, 11) is 0. The maximum atomic E-state index is 11.7. The minimum absolute atomic E-state index is 0.219. The number of anilines is 1. The standard InChI is InChI=1S/C13H14N2O2/c1-3-10-5-4-6-11(9(10)2)15-8-7-12(16)14-13(15)17/h3-6H,1,7-8H2,2H3,(H,14,16,17). The largest absolute Gasteiger partial charge is 0.328 e. The van der Waals surface area contributed by atoms with Gasteiger partial charge in [0, 0.05) is 18.7 Å². The van der Waals surface area contributed by atoms with Crippen LogP contribution in [0.5, 0.6) is 0 Å². The molecule has 4 nitrogen and oxygen atoms in total. The fraction of sp³-hybridized carbons (Fsp3) is 0.231. The molecule has 0 aromatic heterocycles. The van der Waals surface area contributed by atoms with Crippen molar-refractivity contribution in [3.8, 4) is 0 Å². The van der Waals surface area contributed by atoms with Crippen LogP contribution in [-0.2, 0) is 4.79 Å². The van der Waals surface area contributed by atoms with Crippen molar-refractivity contribution in [3.63, 3.8) is 0 Å². The molecule has 88 valence electrons. The summed E-state index contributed by atoms with van der Waals surface area (Å²) in [6, 6.07) is 5.34. The lowest BCUT2D eigenvalue weighted by molar-refractivity contribution is -0.120. The van der Waals surface area contributed by atoms with Gasteiger partial charge in [-0.1, -0.05) is 24.8 Å². The Bertz CT molecular complexity index is 494. The Balaban J connectivity index is 2.37. The molecule has 4 heteroatoms. The van der Waals surface area contributed by atoms with Gasteiger partial charge in [0.2, 0.25) is 5.91 Å². The van der Waals surface area contributed by atoms with Crippen molar-refractivity contribution in [2.45, 2.75) is 13.3 Å². The summed E-state index contributed by atoms with van der Waals surface area (Å²) in [6.07, 6.45) is 2.09. The number of rotatable bonds is 2. The molecule has 0 spiro atoms. The van der Waals surface area contributed by atoms with Gasteiger partial charge in [0.1, 0.15) is 0 Å². The Morgan fingerprint density at radius 1 is 1.41 bits per heavy atom. The molecule has 0 saturated carbocycles. The predicted octanol–water partition coefficient (Wildman–Crippen LogP) is 2.08. The number of nitrogens with one attached hydrogen (secondary N) is 1. The predicted molar refractivity (Wildman–Crippen MR) is 66.8 cm³/mol. The molecule has 2 rings (SSSR count). The molecule has 0 radical (unpaired) electrons. The van der Waals surface area contributed by atoms with E-state index in [9.17, 15) is 9.59 Å². The highest BCUT2D eigenvalue weighted by Crippen LogP contribution is 2.25. The quantitative estimate of drug-likeness (QED) is 0.845. The summed E-state index contributed by atoms with van der Waals surface area (Å²) in [5.41, 5.74) is 2.81. The number of imide groups is 1. The van der Waals surface area contributed by atoms with Gasteiger partial charge < -0.3 is 0 Å². The van der Waals surface area contributed by atoms with Crippen LogP contribution >= 0.6 is 0 Å². The molecule has 3 amide bonds. The Morgan fingerprint density at radius 2 is 2.18 bits per heavy atom. The van der Waals surface area contributed by atoms with Gasteiger partial charge >= 0.3 is 6.03 Å². The molecule has 1 aliphatic heterocycles. The van der Waals surface area contributed by atoms with Crippen LogP contribution < -0.4 is 10.2 Å². The second-order valence-electron chi connectivity index (χ2n) is 3.95. The molecule has 1 heterocycles. The Morgan fingerprint density at radius 3 is 2.82 bits per heavy atom. The number of benzene rings is 1. The number of nitrogens with zero attached hydrogens (tertiary/aromatic N) is 1. The van der Waals surface area contributed by atoms with Crippen molar-refractivity contribution in [2.24, 2.45) is 0 Å². The van der Waals surface area contributed by atoms with Gasteiger partial charge in [0.15, 0.2) is 0 Å². The molecule has 17 heavy (non-hydrogen) atoms. The lowest BCUT2D eigenvalue weighted by Crippen LogP contribution is -2.49. The van der Waals surface area contributed by atoms with Gasteiger partial charge in [0.25, 0.3) is 0 Å². The maximum Gasteiger partial charge on any atom is 0.328 e. The first-order chi connectivity index (χ1) is 8.13. The Hall–Kier alpha value is -2.10. The monoisotopic (exact) mass is 230 g/mol. The van der Waals surface area contributed by atoms with E-state index < -0.39 is 0 Å². The van der Waals surface area contributed by atoms with Crippen LogP contribution in [0, 0.1) is 6.92 Å². The molecule has 1 fully saturated rings. The normalized spacial score (nSPS) is 15.7. The fourth-order valence-corrected chi connectivity index (χ4v) is 1.95. The Kier molecular flexibility index (Phi) is 2.95. The van der Waals surface area contributed by atoms with Crippen molar-refractivity contribution in [2.75, 3.05) is 11.4 Å². The topological polar surface area (TPSA) is 49.4 Å². The van der Waals surface area contributed by atoms with Gasteiger partial charge in [-0.2, -0.15) is 0 Å². The number of hydrogen-bond acceptors (Lipinski definition) is 2. The molecule has 1 aromatic rings. The van der Waals surface area contributed by atoms with Crippen molar-refractivity contribution in [1.82, 2.24) is 5.32 Å². The second kappa shape index (κ2) is 4.41. The summed E-state index contributed by atoms with van der Waals surface area (Å²) in [5, 5.41) is 2.31. The number of amides is 3. The van der Waals surface area contributed by atoms with E-state index in [1.807, 2.05) is 25.1 Å². The van der Waals surface area contributed by atoms with Crippen LogP contribution in [0.4, 0.5) is 10.5 Å². The smallest absolute Gasteiger partial charge is 0.293 e. The van der Waals surface area contributed by atoms with E-state index in [0.717, 1.165) is 16.8 Å². The Labute approximate surface area is 99.9 Å². The van der Waals surface area contributed by atoms with E-state index in [-0.39, 0.29) is 11.9 Å². The molecule has 1 N–H and O–H groups in total. The van der Waals surface area contributed by atoms with Crippen LogP contribution in [-0.4, -0.2) is 18.5 Å². The third-order valence-electron chi connectivity index (χ3n) is 2.91. The SMILES string of the molecule is C=Cc1cccc(N2CCC(=O)NC2=O)c1C. The van der Waals surface area contributed by atoms with Crippen LogP contribution in [0.2, 0.25) is 0 Å². The summed E-state index contributed by atoms with van der Waals surface area (Å²) in [4.78, 5) is 24.4. The van der Waals surface area contributed by atoms with Crippen LogP contribution in [0.15, 0.2) is 24.8 Å². The third kappa shape index (κ3) is 2.06. The zero-order chi connectivity index (χ0) is 12.4. The van der Waals surface area contributed by atoms with Crippen LogP contribution in [0.1, 0.15) is 17.5 Å². The van der Waals surface area contributed by atoms with E-state index in [1.165, 1.54) is 0 Å². The first kappa shape index (κ1) is 11.4. The molecule has 1 saturated heterocycles. The highest BCUT2D eigenvalue weighted by molar-refractivity contribution is 6.06. The summed E-state index contributed by atoms with van der Waals surface area (Å²) >= 11 is 0. The van der Waals surface area contributed by atoms with E-state index in [0.29, 0.717) is 13.0 Å². The molecule has 1 aliphatic rings. The van der Waals surface area contributed by atoms with E-state index in [2.05, 4.69) is 11.9 Å². The molecule has 0 bridgehead atoms. The van der Waals surface area contributed by atoms with E-state index in [4.69, 9.17) is 0 Å². The zero-order valence-corrected chi connectivity index (χ0v) is 9.69. The summed E-state index contributed by atoms with van der Waals surface area (Å²) in [6.45, 7) is 6.10. The lowest BCUT2D eigenvalue weighted by Gasteiger charge is -2.28. The van der Waals surface area contributed by atoms with Gasteiger partial charge in [-0.25, -0.2) is 4.79 Å². The maximum absolute atomic E-state index is 11.7. The highest BCUT2D eigenvalue weighted by atomic mass is 16.2. The average Bonchev–Trinajstić information content (AvgIpc) is 2.30. The average molecular weight is 230 g/mol. The fourth-order valence-electron chi connectivity index (χ4n) is 1.95. The summed E-state index contributed by atoms with van der Waals surface area (Å²) < 4.78 is 0. The second-order valence-corrected chi connectivity index (χ2v) is 3.95. The number of carbonyl (C=O) groups excluding carboxylic acids is 2. The van der Waals surface area contributed by atoms with Gasteiger partial charge in [-0.05, 0) is 24.1 Å². The number of carbonyl (C=O) groups is 2. The molecular weight excluding hydrogens is 216 g/mol. The first-order valence-corrected chi connectivity index (χ1v) is 5.47. The lowest BCUT2D eigenvalue weighted by atomic mass is 10.1. The van der Waals surface area contributed by atoms with Crippen LogP contribution in [0.3, 0.4) is 0 Å². The van der Waals surface area contributed by atoms with E-state index >= 15 is 0 Å². The zero-order valence-electron chi connectivity index (χ0n) is 9.69. The molecule has 0 atom stereocenters. The third-order valence-corrected chi connectivity index (χ3v) is 2.91. The highest BCUT2D eigenvalue weighted by Gasteiger charge is 2.25. The van der Waals surface area contributed by atoms with Gasteiger partial charge in [-0.3, -0.25) is 15.0 Å². The van der Waals surface area contributed by atoms with Gasteiger partial charge in [0.05, 0.1) is 0 Å². The van der Waals surface area contributed by atoms with E-state index in [1.54, 1.807) is 11.0 Å². The molecule has 1 aromatic carbocycles. The minimum Gasteiger partial charge on any atom is -0.293 e. The van der Waals surface area contributed by atoms with Crippen molar-refractivity contribution < 1.29 is 9.59 Å². The molecule has 0 unspecified atom stereocenters. The van der Waals surface area contributed by atoms with Gasteiger partial charge in [-0.15, -0.1) is 0 Å².